The highest BCUT2D eigenvalue weighted by Gasteiger charge is 2.65. The normalized spacial score (nSPS) is 48.0. The van der Waals surface area contributed by atoms with Gasteiger partial charge in [-0.25, -0.2) is 0 Å². The van der Waals surface area contributed by atoms with Crippen molar-refractivity contribution >= 4 is 11.5 Å². The minimum atomic E-state index is -0.823. The van der Waals surface area contributed by atoms with Crippen molar-refractivity contribution in [3.8, 4) is 0 Å². The van der Waals surface area contributed by atoms with Crippen LogP contribution in [0.5, 0.6) is 0 Å². The zero-order valence-electron chi connectivity index (χ0n) is 17.7. The number of oxime groups is 1. The highest BCUT2D eigenvalue weighted by Crippen LogP contribution is 2.67. The van der Waals surface area contributed by atoms with Crippen LogP contribution in [0.4, 0.5) is 0 Å². The van der Waals surface area contributed by atoms with Crippen molar-refractivity contribution in [2.75, 3.05) is 6.61 Å². The third-order valence-electron chi connectivity index (χ3n) is 8.81. The van der Waals surface area contributed by atoms with Crippen LogP contribution in [0.25, 0.3) is 0 Å². The average Bonchev–Trinajstić information content (AvgIpc) is 2.91. The van der Waals surface area contributed by atoms with Gasteiger partial charge in [-0.3, -0.25) is 4.79 Å². The van der Waals surface area contributed by atoms with E-state index in [0.717, 1.165) is 43.4 Å². The Labute approximate surface area is 168 Å². The van der Waals surface area contributed by atoms with Gasteiger partial charge < -0.3 is 15.7 Å². The van der Waals surface area contributed by atoms with Crippen LogP contribution in [0.3, 0.4) is 0 Å². The first-order chi connectivity index (χ1) is 13.1. The molecule has 0 spiro atoms. The Morgan fingerprint density at radius 1 is 1.25 bits per heavy atom. The number of ketones is 1. The summed E-state index contributed by atoms with van der Waals surface area (Å²) in [4.78, 5) is 18.0. The molecule has 4 fully saturated rings. The molecule has 4 aliphatic rings. The van der Waals surface area contributed by atoms with Crippen LogP contribution in [0.15, 0.2) is 17.3 Å². The molecule has 4 saturated carbocycles. The molecule has 4 rings (SSSR count). The van der Waals surface area contributed by atoms with Gasteiger partial charge in [0, 0.05) is 29.7 Å². The highest BCUT2D eigenvalue weighted by molar-refractivity contribution is 5.87. The molecule has 0 amide bonds. The second kappa shape index (κ2) is 6.66. The summed E-state index contributed by atoms with van der Waals surface area (Å²) in [6.07, 6.45) is 6.59. The van der Waals surface area contributed by atoms with E-state index in [0.29, 0.717) is 49.4 Å². The number of hydrogen-bond acceptors (Lipinski definition) is 5. The number of rotatable bonds is 3. The SMILES string of the molecule is C=C1C[C@]2(O)CC(=NOCC(C)N)CC[C@]2(C)[C@@H]2CC[C@]3(C)C(=O)CC[C@H]3[C@H]12. The first kappa shape index (κ1) is 20.1. The van der Waals surface area contributed by atoms with E-state index in [4.69, 9.17) is 10.6 Å². The van der Waals surface area contributed by atoms with E-state index in [1.54, 1.807) is 0 Å². The zero-order valence-corrected chi connectivity index (χ0v) is 17.7. The third-order valence-corrected chi connectivity index (χ3v) is 8.81. The van der Waals surface area contributed by atoms with Crippen molar-refractivity contribution in [2.45, 2.75) is 83.8 Å². The zero-order chi connectivity index (χ0) is 20.3. The van der Waals surface area contributed by atoms with E-state index in [1.165, 1.54) is 0 Å². The van der Waals surface area contributed by atoms with Gasteiger partial charge in [0.25, 0.3) is 0 Å². The predicted octanol–water partition coefficient (Wildman–Crippen LogP) is 3.60. The van der Waals surface area contributed by atoms with Crippen LogP contribution in [-0.4, -0.2) is 34.9 Å². The van der Waals surface area contributed by atoms with Crippen molar-refractivity contribution in [1.82, 2.24) is 0 Å². The fourth-order valence-corrected chi connectivity index (χ4v) is 7.07. The maximum Gasteiger partial charge on any atom is 0.139 e. The van der Waals surface area contributed by atoms with Crippen LogP contribution in [0.2, 0.25) is 0 Å². The lowest BCUT2D eigenvalue weighted by atomic mass is 9.43. The second-order valence-electron chi connectivity index (χ2n) is 10.5. The van der Waals surface area contributed by atoms with E-state index in [-0.39, 0.29) is 16.9 Å². The largest absolute Gasteiger partial charge is 0.394 e. The van der Waals surface area contributed by atoms with Crippen LogP contribution in [-0.2, 0) is 9.63 Å². The number of nitrogens with zero attached hydrogens (tertiary/aromatic N) is 1. The number of nitrogens with two attached hydrogens (primary N) is 1. The maximum absolute atomic E-state index is 12.6. The summed E-state index contributed by atoms with van der Waals surface area (Å²) in [7, 11) is 0. The molecule has 156 valence electrons. The van der Waals surface area contributed by atoms with Crippen LogP contribution in [0.1, 0.15) is 72.1 Å². The van der Waals surface area contributed by atoms with Gasteiger partial charge in [0.2, 0.25) is 0 Å². The standard InChI is InChI=1S/C23H36N2O3/c1-14-11-23(27)12-16(25-28-13-15(2)24)7-10-22(23,4)18-8-9-21(3)17(20(14)18)5-6-19(21)26/h15,17-18,20,27H,1,5-13,24H2,2-4H3/t15?,17-,18+,20-,21-,22+,23-/m0/s1. The molecule has 7 atom stereocenters. The quantitative estimate of drug-likeness (QED) is 0.571. The molecule has 28 heavy (non-hydrogen) atoms. The fourth-order valence-electron chi connectivity index (χ4n) is 7.07. The lowest BCUT2D eigenvalue weighted by Crippen LogP contribution is -2.63. The van der Waals surface area contributed by atoms with E-state index in [9.17, 15) is 9.90 Å². The van der Waals surface area contributed by atoms with E-state index >= 15 is 0 Å². The third kappa shape index (κ3) is 2.80. The smallest absolute Gasteiger partial charge is 0.139 e. The summed E-state index contributed by atoms with van der Waals surface area (Å²) in [5.74, 6) is 1.61. The second-order valence-corrected chi connectivity index (χ2v) is 10.5. The first-order valence-electron chi connectivity index (χ1n) is 11.0. The van der Waals surface area contributed by atoms with Crippen LogP contribution >= 0.6 is 0 Å². The number of Topliss-reactive ketones (excluding diaryl/α,β-unsaturated/α-hetero) is 1. The Hall–Kier alpha value is -1.20. The minimum Gasteiger partial charge on any atom is -0.394 e. The summed E-state index contributed by atoms with van der Waals surface area (Å²) in [5, 5.41) is 16.1. The van der Waals surface area contributed by atoms with E-state index in [1.807, 2.05) is 6.92 Å². The van der Waals surface area contributed by atoms with E-state index < -0.39 is 5.60 Å². The predicted molar refractivity (Wildman–Crippen MR) is 110 cm³/mol. The minimum absolute atomic E-state index is 0.0535. The first-order valence-corrected chi connectivity index (χ1v) is 11.0. The molecular weight excluding hydrogens is 352 g/mol. The van der Waals surface area contributed by atoms with Crippen molar-refractivity contribution in [3.05, 3.63) is 12.2 Å². The summed E-state index contributed by atoms with van der Waals surface area (Å²) in [5.41, 5.74) is 6.66. The summed E-state index contributed by atoms with van der Waals surface area (Å²) in [6.45, 7) is 11.2. The summed E-state index contributed by atoms with van der Waals surface area (Å²) < 4.78 is 0. The Bertz CT molecular complexity index is 717. The summed E-state index contributed by atoms with van der Waals surface area (Å²) in [6, 6.07) is -0.0535. The molecule has 0 aliphatic heterocycles. The van der Waals surface area contributed by atoms with Crippen molar-refractivity contribution < 1.29 is 14.7 Å². The molecule has 0 aromatic rings. The molecule has 1 unspecified atom stereocenters. The monoisotopic (exact) mass is 388 g/mol. The Morgan fingerprint density at radius 3 is 2.71 bits per heavy atom. The van der Waals surface area contributed by atoms with Crippen LogP contribution < -0.4 is 5.73 Å². The maximum atomic E-state index is 12.6. The number of aliphatic hydroxyl groups is 1. The average molecular weight is 389 g/mol. The van der Waals surface area contributed by atoms with Gasteiger partial charge in [-0.15, -0.1) is 0 Å². The molecule has 0 saturated heterocycles. The van der Waals surface area contributed by atoms with Gasteiger partial charge in [0.05, 0.1) is 11.3 Å². The van der Waals surface area contributed by atoms with Gasteiger partial charge >= 0.3 is 0 Å². The molecule has 0 heterocycles. The lowest BCUT2D eigenvalue weighted by molar-refractivity contribution is -0.170. The number of fused-ring (bicyclic) bond motifs is 5. The highest BCUT2D eigenvalue weighted by atomic mass is 16.6. The van der Waals surface area contributed by atoms with Gasteiger partial charge in [-0.05, 0) is 63.2 Å². The molecular formula is C23H36N2O3. The summed E-state index contributed by atoms with van der Waals surface area (Å²) >= 11 is 0. The Balaban J connectivity index is 1.60. The Morgan fingerprint density at radius 2 is 2.00 bits per heavy atom. The molecule has 0 aromatic carbocycles. The molecule has 4 aliphatic carbocycles. The molecule has 5 nitrogen and oxygen atoms in total. The molecule has 0 radical (unpaired) electrons. The van der Waals surface area contributed by atoms with Gasteiger partial charge in [0.1, 0.15) is 12.4 Å². The van der Waals surface area contributed by atoms with E-state index in [2.05, 4.69) is 25.6 Å². The topological polar surface area (TPSA) is 84.9 Å². The van der Waals surface area contributed by atoms with Crippen LogP contribution in [0, 0.1) is 28.6 Å². The van der Waals surface area contributed by atoms with Crippen molar-refractivity contribution in [1.29, 1.82) is 0 Å². The fraction of sp³-hybridized carbons (Fsp3) is 0.826. The number of carbonyl (C=O) groups is 1. The Kier molecular flexibility index (Phi) is 4.78. The van der Waals surface area contributed by atoms with Gasteiger partial charge in [0.15, 0.2) is 0 Å². The van der Waals surface area contributed by atoms with Gasteiger partial charge in [-0.1, -0.05) is 31.2 Å². The molecule has 3 N–H and O–H groups in total. The van der Waals surface area contributed by atoms with Gasteiger partial charge in [-0.2, -0.15) is 0 Å². The molecule has 5 heteroatoms. The molecule has 0 aromatic heterocycles. The number of carbonyl (C=O) groups excluding carboxylic acids is 1. The molecule has 0 bridgehead atoms. The van der Waals surface area contributed by atoms with Crippen molar-refractivity contribution in [2.24, 2.45) is 39.5 Å². The number of hydrogen-bond donors (Lipinski definition) is 2. The van der Waals surface area contributed by atoms with Crippen molar-refractivity contribution in [3.63, 3.8) is 0 Å². The lowest BCUT2D eigenvalue weighted by Gasteiger charge is -2.63.